The van der Waals surface area contributed by atoms with Gasteiger partial charge in [-0.1, -0.05) is 5.16 Å². The van der Waals surface area contributed by atoms with E-state index in [1.165, 1.54) is 0 Å². The second kappa shape index (κ2) is 9.25. The van der Waals surface area contributed by atoms with Crippen molar-refractivity contribution in [3.63, 3.8) is 0 Å². The Morgan fingerprint density at radius 2 is 1.67 bits per heavy atom. The van der Waals surface area contributed by atoms with Gasteiger partial charge in [0.25, 0.3) is 11.8 Å². The van der Waals surface area contributed by atoms with Gasteiger partial charge >= 0.3 is 0 Å². The van der Waals surface area contributed by atoms with Gasteiger partial charge in [0.1, 0.15) is 12.0 Å². The van der Waals surface area contributed by atoms with Gasteiger partial charge in [0, 0.05) is 29.8 Å². The molecule has 4 aromatic rings. The van der Waals surface area contributed by atoms with E-state index in [4.69, 9.17) is 18.4 Å². The molecule has 33 heavy (non-hydrogen) atoms. The summed E-state index contributed by atoms with van der Waals surface area (Å²) in [5.74, 6) is 2.15. The molecule has 0 atom stereocenters. The lowest BCUT2D eigenvalue weighted by Gasteiger charge is -2.26. The van der Waals surface area contributed by atoms with E-state index in [0.717, 1.165) is 16.9 Å². The minimum Gasteiger partial charge on any atom is -0.497 e. The number of morpholine rings is 1. The molecule has 9 heteroatoms. The van der Waals surface area contributed by atoms with E-state index in [9.17, 15) is 4.79 Å². The quantitative estimate of drug-likeness (QED) is 0.444. The van der Waals surface area contributed by atoms with Crippen molar-refractivity contribution in [2.24, 2.45) is 0 Å². The fraction of sp³-hybridized carbons (Fsp3) is 0.250. The third-order valence-corrected chi connectivity index (χ3v) is 5.37. The first-order valence-corrected chi connectivity index (χ1v) is 10.6. The van der Waals surface area contributed by atoms with E-state index >= 15 is 0 Å². The molecule has 0 unspecified atom stereocenters. The molecule has 2 aromatic carbocycles. The molecule has 0 radical (unpaired) electrons. The number of hydrogen-bond acceptors (Lipinski definition) is 8. The fourth-order valence-corrected chi connectivity index (χ4v) is 3.56. The molecule has 1 amide bonds. The third-order valence-electron chi connectivity index (χ3n) is 5.37. The molecule has 2 aromatic heterocycles. The highest BCUT2D eigenvalue weighted by atomic mass is 16.5. The molecular weight excluding hydrogens is 424 g/mol. The fourth-order valence-electron chi connectivity index (χ4n) is 3.56. The Kier molecular flexibility index (Phi) is 5.86. The number of carbonyl (C=O) groups is 1. The zero-order valence-electron chi connectivity index (χ0n) is 18.1. The van der Waals surface area contributed by atoms with Gasteiger partial charge in [-0.15, -0.1) is 0 Å². The number of carbonyl (C=O) groups excluding carboxylic acids is 1. The molecule has 1 fully saturated rings. The lowest BCUT2D eigenvalue weighted by molar-refractivity contribution is 0.0303. The van der Waals surface area contributed by atoms with Crippen LogP contribution in [0.4, 0.5) is 0 Å². The van der Waals surface area contributed by atoms with Gasteiger partial charge in [-0.2, -0.15) is 4.98 Å². The molecule has 0 bridgehead atoms. The summed E-state index contributed by atoms with van der Waals surface area (Å²) in [6, 6.07) is 14.6. The van der Waals surface area contributed by atoms with Gasteiger partial charge in [0.15, 0.2) is 5.82 Å². The molecule has 0 aliphatic carbocycles. The van der Waals surface area contributed by atoms with Crippen LogP contribution in [0.1, 0.15) is 21.9 Å². The number of hydrogen-bond donors (Lipinski definition) is 0. The normalized spacial score (nSPS) is 13.8. The molecule has 1 aliphatic rings. The van der Waals surface area contributed by atoms with Crippen LogP contribution >= 0.6 is 0 Å². The Bertz CT molecular complexity index is 1220. The smallest absolute Gasteiger partial charge is 0.257 e. The molecule has 3 heterocycles. The maximum Gasteiger partial charge on any atom is 0.257 e. The van der Waals surface area contributed by atoms with Crippen LogP contribution in [-0.4, -0.2) is 59.3 Å². The Morgan fingerprint density at radius 3 is 2.39 bits per heavy atom. The molecule has 1 aliphatic heterocycles. The summed E-state index contributed by atoms with van der Waals surface area (Å²) in [4.78, 5) is 23.3. The van der Waals surface area contributed by atoms with Crippen molar-refractivity contribution in [2.45, 2.75) is 6.42 Å². The van der Waals surface area contributed by atoms with Gasteiger partial charge < -0.3 is 23.3 Å². The first kappa shape index (κ1) is 20.9. The number of benzene rings is 2. The van der Waals surface area contributed by atoms with Gasteiger partial charge in [0.05, 0.1) is 32.4 Å². The van der Waals surface area contributed by atoms with Gasteiger partial charge in [0.2, 0.25) is 5.89 Å². The molecular formula is C24H22N4O5. The van der Waals surface area contributed by atoms with Gasteiger partial charge in [-0.05, 0) is 48.5 Å². The second-order valence-electron chi connectivity index (χ2n) is 7.55. The van der Waals surface area contributed by atoms with E-state index in [1.807, 2.05) is 36.4 Å². The average molecular weight is 446 g/mol. The Balaban J connectivity index is 1.25. The molecule has 168 valence electrons. The summed E-state index contributed by atoms with van der Waals surface area (Å²) >= 11 is 0. The maximum absolute atomic E-state index is 12.6. The Morgan fingerprint density at radius 1 is 0.970 bits per heavy atom. The molecule has 0 N–H and O–H groups in total. The van der Waals surface area contributed by atoms with Crippen molar-refractivity contribution in [1.29, 1.82) is 0 Å². The summed E-state index contributed by atoms with van der Waals surface area (Å²) in [7, 11) is 1.62. The van der Waals surface area contributed by atoms with Crippen LogP contribution in [0.2, 0.25) is 0 Å². The number of methoxy groups -OCH3 is 1. The molecule has 0 spiro atoms. The summed E-state index contributed by atoms with van der Waals surface area (Å²) in [5, 5.41) is 4.05. The molecule has 9 nitrogen and oxygen atoms in total. The SMILES string of the molecule is COc1ccc(-c2nc(Cc3noc(-c4ccc(C(=O)N5CCOCC5)cc4)n3)co2)cc1. The van der Waals surface area contributed by atoms with Crippen molar-refractivity contribution in [1.82, 2.24) is 20.0 Å². The highest BCUT2D eigenvalue weighted by Crippen LogP contribution is 2.23. The monoisotopic (exact) mass is 446 g/mol. The Labute approximate surface area is 189 Å². The summed E-state index contributed by atoms with van der Waals surface area (Å²) in [6.07, 6.45) is 1.96. The number of oxazole rings is 1. The largest absolute Gasteiger partial charge is 0.497 e. The van der Waals surface area contributed by atoms with E-state index in [-0.39, 0.29) is 5.91 Å². The van der Waals surface area contributed by atoms with Crippen LogP contribution in [0.5, 0.6) is 5.75 Å². The third kappa shape index (κ3) is 4.63. The van der Waals surface area contributed by atoms with E-state index in [2.05, 4.69) is 15.1 Å². The van der Waals surface area contributed by atoms with Crippen LogP contribution in [0, 0.1) is 0 Å². The first-order valence-electron chi connectivity index (χ1n) is 10.6. The topological polar surface area (TPSA) is 104 Å². The van der Waals surface area contributed by atoms with Crippen molar-refractivity contribution in [2.75, 3.05) is 33.4 Å². The number of ether oxygens (including phenoxy) is 2. The number of amides is 1. The van der Waals surface area contributed by atoms with Crippen LogP contribution in [0.25, 0.3) is 22.9 Å². The minimum atomic E-state index is -0.00485. The zero-order chi connectivity index (χ0) is 22.6. The van der Waals surface area contributed by atoms with Crippen LogP contribution in [0.15, 0.2) is 63.7 Å². The molecule has 0 saturated carbocycles. The van der Waals surface area contributed by atoms with Crippen LogP contribution in [-0.2, 0) is 11.2 Å². The summed E-state index contributed by atoms with van der Waals surface area (Å²) in [5.41, 5.74) is 2.91. The highest BCUT2D eigenvalue weighted by molar-refractivity contribution is 5.94. The van der Waals surface area contributed by atoms with Crippen LogP contribution in [0.3, 0.4) is 0 Å². The standard InChI is InChI=1S/C24H22N4O5/c1-30-20-8-6-16(7-9-20)22-25-19(15-32-22)14-21-26-23(33-27-21)17-2-4-18(5-3-17)24(29)28-10-12-31-13-11-28/h2-9,15H,10-14H2,1H3. The maximum atomic E-state index is 12.6. The number of rotatable bonds is 6. The number of aromatic nitrogens is 3. The summed E-state index contributed by atoms with van der Waals surface area (Å²) in [6.45, 7) is 2.36. The van der Waals surface area contributed by atoms with Gasteiger partial charge in [-0.25, -0.2) is 4.98 Å². The summed E-state index contributed by atoms with van der Waals surface area (Å²) < 4.78 is 21.5. The van der Waals surface area contributed by atoms with Crippen molar-refractivity contribution in [3.8, 4) is 28.7 Å². The van der Waals surface area contributed by atoms with E-state index in [1.54, 1.807) is 30.4 Å². The first-order chi connectivity index (χ1) is 16.2. The van der Waals surface area contributed by atoms with Crippen molar-refractivity contribution < 1.29 is 23.2 Å². The zero-order valence-corrected chi connectivity index (χ0v) is 18.1. The predicted molar refractivity (Wildman–Crippen MR) is 118 cm³/mol. The number of nitrogens with zero attached hydrogens (tertiary/aromatic N) is 4. The molecule has 1 saturated heterocycles. The lowest BCUT2D eigenvalue weighted by Crippen LogP contribution is -2.40. The average Bonchev–Trinajstić information content (AvgIpc) is 3.54. The van der Waals surface area contributed by atoms with E-state index in [0.29, 0.717) is 61.6 Å². The van der Waals surface area contributed by atoms with E-state index < -0.39 is 0 Å². The van der Waals surface area contributed by atoms with Crippen LogP contribution < -0.4 is 4.74 Å². The minimum absolute atomic E-state index is 0.00485. The van der Waals surface area contributed by atoms with Crippen molar-refractivity contribution >= 4 is 5.91 Å². The predicted octanol–water partition coefficient (Wildman–Crippen LogP) is 3.46. The highest BCUT2D eigenvalue weighted by Gasteiger charge is 2.19. The van der Waals surface area contributed by atoms with Gasteiger partial charge in [-0.3, -0.25) is 4.79 Å². The van der Waals surface area contributed by atoms with Crippen molar-refractivity contribution in [3.05, 3.63) is 71.9 Å². The lowest BCUT2D eigenvalue weighted by atomic mass is 10.1. The Hall–Kier alpha value is -3.98. The molecule has 5 rings (SSSR count). The second-order valence-corrected chi connectivity index (χ2v) is 7.55.